The predicted octanol–water partition coefficient (Wildman–Crippen LogP) is 4.59. The molecule has 0 aliphatic carbocycles. The van der Waals surface area contributed by atoms with E-state index in [1.165, 1.54) is 4.88 Å². The van der Waals surface area contributed by atoms with Crippen molar-refractivity contribution in [3.05, 3.63) is 104 Å². The molecule has 56 heavy (non-hydrogen) atoms. The Morgan fingerprint density at radius 2 is 1.77 bits per heavy atom. The molecule has 0 saturated carbocycles. The Labute approximate surface area is 331 Å². The van der Waals surface area contributed by atoms with Gasteiger partial charge in [0.05, 0.1) is 30.8 Å². The zero-order chi connectivity index (χ0) is 39.3. The van der Waals surface area contributed by atoms with Gasteiger partial charge in [-0.3, -0.25) is 38.7 Å². The van der Waals surface area contributed by atoms with Crippen LogP contribution >= 0.6 is 22.9 Å². The van der Waals surface area contributed by atoms with Gasteiger partial charge in [0.25, 0.3) is 5.91 Å². The predicted molar refractivity (Wildman–Crippen MR) is 209 cm³/mol. The fourth-order valence-corrected chi connectivity index (χ4v) is 8.07. The molecule has 17 heteroatoms. The number of piperidine rings is 1. The molecule has 15 nitrogen and oxygen atoms in total. The van der Waals surface area contributed by atoms with Gasteiger partial charge in [-0.05, 0) is 75.4 Å². The topological polar surface area (TPSA) is 187 Å². The van der Waals surface area contributed by atoms with Crippen LogP contribution in [0.4, 0.5) is 0 Å². The third-order valence-corrected chi connectivity index (χ3v) is 11.3. The molecule has 5 aromatic rings. The Morgan fingerprint density at radius 3 is 2.54 bits per heavy atom. The van der Waals surface area contributed by atoms with Gasteiger partial charge >= 0.3 is 0 Å². The van der Waals surface area contributed by atoms with Crippen molar-refractivity contribution >= 4 is 52.3 Å². The number of carbonyl (C=O) groups is 4. The number of carbonyl (C=O) groups excluding carboxylic acids is 4. The number of ether oxygens (including phenoxy) is 1. The molecule has 290 valence electrons. The average Bonchev–Trinajstić information content (AvgIpc) is 3.86. The molecule has 0 radical (unpaired) electrons. The average molecular weight is 797 g/mol. The second kappa shape index (κ2) is 17.0. The minimum absolute atomic E-state index is 0.0595. The maximum Gasteiger partial charge on any atom is 0.257 e. The number of aromatic nitrogens is 6. The first-order chi connectivity index (χ1) is 27.0. The number of nitrogens with one attached hydrogen (secondary N) is 3. The Kier molecular flexibility index (Phi) is 11.7. The zero-order valence-corrected chi connectivity index (χ0v) is 32.7. The van der Waals surface area contributed by atoms with Gasteiger partial charge in [-0.1, -0.05) is 41.1 Å². The zero-order valence-electron chi connectivity index (χ0n) is 31.2. The summed E-state index contributed by atoms with van der Waals surface area (Å²) in [7, 11) is 0. The number of fused-ring (bicyclic) bond motifs is 3. The van der Waals surface area contributed by atoms with E-state index in [4.69, 9.17) is 21.3 Å². The normalized spacial score (nSPS) is 16.3. The summed E-state index contributed by atoms with van der Waals surface area (Å²) in [6.07, 6.45) is 4.10. The molecular formula is C39H41ClN10O5S. The van der Waals surface area contributed by atoms with Crippen LogP contribution < -0.4 is 20.7 Å². The van der Waals surface area contributed by atoms with Crippen LogP contribution in [0.3, 0.4) is 0 Å². The maximum absolute atomic E-state index is 13.4. The van der Waals surface area contributed by atoms with Gasteiger partial charge in [0.1, 0.15) is 28.3 Å². The highest BCUT2D eigenvalue weighted by Gasteiger charge is 2.32. The van der Waals surface area contributed by atoms with Crippen LogP contribution in [0.2, 0.25) is 5.02 Å². The van der Waals surface area contributed by atoms with Crippen LogP contribution in [0, 0.1) is 20.8 Å². The van der Waals surface area contributed by atoms with Crippen molar-refractivity contribution in [3.63, 3.8) is 0 Å². The number of hydrogen-bond donors (Lipinski definition) is 3. The summed E-state index contributed by atoms with van der Waals surface area (Å²) in [6, 6.07) is 14.0. The lowest BCUT2D eigenvalue weighted by molar-refractivity contribution is -0.134. The van der Waals surface area contributed by atoms with Gasteiger partial charge in [-0.25, -0.2) is 0 Å². The van der Waals surface area contributed by atoms with Crippen molar-refractivity contribution < 1.29 is 23.9 Å². The van der Waals surface area contributed by atoms with E-state index in [0.717, 1.165) is 45.2 Å². The van der Waals surface area contributed by atoms with E-state index in [1.54, 1.807) is 46.5 Å². The standard InChI is InChI=1S/C39H41ClN10O5S/c1-22-23(2)56-39-35(22)36(26-6-10-27(40)11-7-26)43-31(37-47-45-24(3)50(37)39)18-33(52)42-19-28-20-49(48-46-28)17-5-4-16-41-34(53)21-55-29-12-8-25(9-13-29)30-14-15-32(51)44-38(30)54/h6-13,20,30-31H,4-5,14-19,21H2,1-3H3,(H,41,53)(H,42,52)(H,44,51,54)/t30?,31-/m0/s1. The van der Waals surface area contributed by atoms with E-state index in [1.807, 2.05) is 35.8 Å². The molecule has 1 saturated heterocycles. The molecule has 0 spiro atoms. The molecule has 3 N–H and O–H groups in total. The first-order valence-corrected chi connectivity index (χ1v) is 19.6. The van der Waals surface area contributed by atoms with E-state index in [-0.39, 0.29) is 49.1 Å². The maximum atomic E-state index is 13.4. The number of benzene rings is 2. The molecule has 2 aromatic carbocycles. The van der Waals surface area contributed by atoms with Crippen molar-refractivity contribution in [3.8, 4) is 10.8 Å². The summed E-state index contributed by atoms with van der Waals surface area (Å²) in [5.74, 6) is 0.468. The molecule has 3 aromatic heterocycles. The molecule has 5 heterocycles. The van der Waals surface area contributed by atoms with Crippen LogP contribution in [0.25, 0.3) is 5.00 Å². The molecule has 1 unspecified atom stereocenters. The Morgan fingerprint density at radius 1 is 0.982 bits per heavy atom. The van der Waals surface area contributed by atoms with Gasteiger partial charge in [0.15, 0.2) is 12.4 Å². The number of halogens is 1. The molecule has 4 amide bonds. The smallest absolute Gasteiger partial charge is 0.257 e. The molecule has 2 aliphatic heterocycles. The molecule has 0 bridgehead atoms. The number of imide groups is 1. The summed E-state index contributed by atoms with van der Waals surface area (Å²) in [5.41, 5.74) is 5.22. The van der Waals surface area contributed by atoms with E-state index < -0.39 is 6.04 Å². The number of aliphatic imine (C=N–C) groups is 1. The fourth-order valence-electron chi connectivity index (χ4n) is 6.73. The second-order valence-corrected chi connectivity index (χ2v) is 15.4. The van der Waals surface area contributed by atoms with Crippen LogP contribution in [-0.2, 0) is 32.3 Å². The number of amides is 4. The van der Waals surface area contributed by atoms with Gasteiger partial charge in [0.2, 0.25) is 17.7 Å². The Hall–Kier alpha value is -5.74. The van der Waals surface area contributed by atoms with Gasteiger partial charge < -0.3 is 15.4 Å². The highest BCUT2D eigenvalue weighted by Crippen LogP contribution is 2.39. The van der Waals surface area contributed by atoms with E-state index in [0.29, 0.717) is 54.6 Å². The van der Waals surface area contributed by atoms with Gasteiger partial charge in [0, 0.05) is 40.5 Å². The first-order valence-electron chi connectivity index (χ1n) is 18.4. The Balaban J connectivity index is 0.863. The van der Waals surface area contributed by atoms with Crippen LogP contribution in [0.15, 0.2) is 59.7 Å². The number of thiophene rings is 1. The van der Waals surface area contributed by atoms with Crippen molar-refractivity contribution in [1.82, 2.24) is 45.7 Å². The molecule has 7 rings (SSSR count). The van der Waals surface area contributed by atoms with Crippen molar-refractivity contribution in [1.29, 1.82) is 0 Å². The van der Waals surface area contributed by atoms with Crippen LogP contribution in [0.1, 0.15) is 88.5 Å². The van der Waals surface area contributed by atoms with E-state index in [9.17, 15) is 19.2 Å². The summed E-state index contributed by atoms with van der Waals surface area (Å²) >= 11 is 7.88. The minimum Gasteiger partial charge on any atom is -0.484 e. The lowest BCUT2D eigenvalue weighted by atomic mass is 9.90. The van der Waals surface area contributed by atoms with E-state index >= 15 is 0 Å². The van der Waals surface area contributed by atoms with Crippen LogP contribution in [-0.4, -0.2) is 72.3 Å². The highest BCUT2D eigenvalue weighted by atomic mass is 35.5. The summed E-state index contributed by atoms with van der Waals surface area (Å²) in [4.78, 5) is 55.6. The quantitative estimate of drug-likeness (QED) is 0.107. The number of rotatable bonds is 14. The summed E-state index contributed by atoms with van der Waals surface area (Å²) in [6.45, 7) is 7.20. The monoisotopic (exact) mass is 796 g/mol. The molecular weight excluding hydrogens is 756 g/mol. The largest absolute Gasteiger partial charge is 0.484 e. The molecule has 2 atom stereocenters. The lowest BCUT2D eigenvalue weighted by Crippen LogP contribution is -2.39. The Bertz CT molecular complexity index is 2300. The fraction of sp³-hybridized carbons (Fsp3) is 0.359. The second-order valence-electron chi connectivity index (χ2n) is 13.8. The number of unbranched alkanes of at least 4 members (excludes halogenated alkanes) is 1. The minimum atomic E-state index is -0.581. The van der Waals surface area contributed by atoms with Crippen molar-refractivity contribution in [2.45, 2.75) is 77.9 Å². The first kappa shape index (κ1) is 38.5. The SMILES string of the molecule is Cc1sc2c(c1C)C(c1ccc(Cl)cc1)=N[C@@H](CC(=O)NCc1cn(CCCCNC(=O)COc3ccc(C4CCC(=O)NC4=O)cc3)nn1)c1nnc(C)n1-2. The molecule has 1 fully saturated rings. The summed E-state index contributed by atoms with van der Waals surface area (Å²) in [5, 5.41) is 27.1. The lowest BCUT2D eigenvalue weighted by Gasteiger charge is -2.21. The van der Waals surface area contributed by atoms with Crippen molar-refractivity contribution in [2.24, 2.45) is 4.99 Å². The third kappa shape index (κ3) is 8.71. The number of aryl methyl sites for hydroxylation is 3. The summed E-state index contributed by atoms with van der Waals surface area (Å²) < 4.78 is 9.33. The van der Waals surface area contributed by atoms with Gasteiger partial charge in [-0.2, -0.15) is 0 Å². The van der Waals surface area contributed by atoms with Crippen LogP contribution in [0.5, 0.6) is 5.75 Å². The number of hydrogen-bond acceptors (Lipinski definition) is 11. The third-order valence-electron chi connectivity index (χ3n) is 9.82. The highest BCUT2D eigenvalue weighted by molar-refractivity contribution is 7.15. The van der Waals surface area contributed by atoms with E-state index in [2.05, 4.69) is 50.3 Å². The molecule has 2 aliphatic rings. The van der Waals surface area contributed by atoms with Crippen molar-refractivity contribution in [2.75, 3.05) is 13.2 Å². The number of nitrogens with zero attached hydrogens (tertiary/aromatic N) is 7. The van der Waals surface area contributed by atoms with Gasteiger partial charge in [-0.15, -0.1) is 26.6 Å².